The van der Waals surface area contributed by atoms with Crippen molar-refractivity contribution in [2.75, 3.05) is 0 Å². The summed E-state index contributed by atoms with van der Waals surface area (Å²) in [5.41, 5.74) is 23.6. The van der Waals surface area contributed by atoms with Gasteiger partial charge in [-0.15, -0.1) is 18.7 Å². The van der Waals surface area contributed by atoms with Crippen LogP contribution in [-0.4, -0.2) is 23.2 Å². The molecule has 0 N–H and O–H groups in total. The lowest BCUT2D eigenvalue weighted by Crippen LogP contribution is -2.40. The fourth-order valence-electron chi connectivity index (χ4n) is 14.5. The van der Waals surface area contributed by atoms with Gasteiger partial charge in [0.1, 0.15) is 44.8 Å². The van der Waals surface area contributed by atoms with Crippen LogP contribution in [0.5, 0.6) is 0 Å². The number of benzene rings is 10. The smallest absolute Gasteiger partial charge is 0.237 e. The second-order valence-electron chi connectivity index (χ2n) is 27.4. The summed E-state index contributed by atoms with van der Waals surface area (Å²) in [5.74, 6) is 2.73. The number of hydrogen-bond donors (Lipinski definition) is 0. The molecule has 0 aliphatic carbocycles. The molecule has 102 heavy (non-hydrogen) atoms. The van der Waals surface area contributed by atoms with Crippen molar-refractivity contribution in [2.24, 2.45) is 35.2 Å². The maximum atomic E-state index is 13.4. The Morgan fingerprint density at radius 1 is 0.412 bits per heavy atom. The monoisotopic (exact) mass is 1340 g/mol. The maximum Gasteiger partial charge on any atom is 0.286 e. The molecule has 7 heterocycles. The van der Waals surface area contributed by atoms with Crippen molar-refractivity contribution in [3.63, 3.8) is 0 Å². The molecule has 0 saturated heterocycles. The highest BCUT2D eigenvalue weighted by Gasteiger charge is 2.26. The number of fused-ring (bicyclic) bond motifs is 9. The summed E-state index contributed by atoms with van der Waals surface area (Å²) >= 11 is 0. The molecule has 12 heteroatoms. The first kappa shape index (κ1) is 68.5. The van der Waals surface area contributed by atoms with Crippen molar-refractivity contribution in [3.05, 3.63) is 323 Å². The van der Waals surface area contributed by atoms with Crippen LogP contribution in [0.25, 0.3) is 105 Å². The van der Waals surface area contributed by atoms with Gasteiger partial charge in [0, 0.05) is 56.9 Å². The van der Waals surface area contributed by atoms with Gasteiger partial charge in [0.25, 0.3) is 11.6 Å². The van der Waals surface area contributed by atoms with E-state index in [0.717, 1.165) is 33.6 Å². The third-order valence-corrected chi connectivity index (χ3v) is 19.8. The first-order valence-electron chi connectivity index (χ1n) is 34.9. The molecule has 0 fully saturated rings. The molecule has 0 unspecified atom stereocenters. The Bertz CT molecular complexity index is 6060. The average molecular weight is 1340 g/mol. The normalized spacial score (nSPS) is 11.2. The summed E-state index contributed by atoms with van der Waals surface area (Å²) in [6, 6.07) is 82.0. The minimum absolute atomic E-state index is 0.182. The molecule has 17 rings (SSSR count). The molecular formula is C90H89FN11+5. The van der Waals surface area contributed by atoms with Crippen molar-refractivity contribution >= 4 is 76.3 Å². The van der Waals surface area contributed by atoms with Gasteiger partial charge in [0.05, 0.1) is 73.7 Å². The van der Waals surface area contributed by atoms with Crippen LogP contribution >= 0.6 is 0 Å². The van der Waals surface area contributed by atoms with Gasteiger partial charge in [-0.25, -0.2) is 13.5 Å². The Morgan fingerprint density at radius 3 is 1.46 bits per heavy atom. The molecule has 0 aliphatic rings. The lowest BCUT2D eigenvalue weighted by atomic mass is 10.0. The highest BCUT2D eigenvalue weighted by Crippen LogP contribution is 2.35. The van der Waals surface area contributed by atoms with Crippen LogP contribution in [0.1, 0.15) is 75.4 Å². The predicted octanol–water partition coefficient (Wildman–Crippen LogP) is 18.2. The molecule has 10 aromatic carbocycles. The standard InChI is InChI=1S/C22H23N2.C20H19N2.C16H16FN2.C16H14N3.C16H17N2/c1-15(2)17-12-13-23(4)21(14-17)24-20-11-6-5-9-18(20)19-10-7-8-16(3)22(19)24;1-14-11-12-19(21(3)13-14)22-18-10-5-4-8-16(18)17-9-6-7-15(2)20(17)22;1-11-8-14(17)9-12(2)16(11)19-10-13-6-4-5-7-15(13)18(19)3;1-12-9-13(10-17)7-8-15(12)19-11-14-5-3-4-6-16(14)18(19)2;1-12-8-9-13(2)16(10-12)18-11-14-6-4-5-7-15(14)17(18)3/h5-15H,1-4H3;4-13H,1-3H3;4-10H,1-3H3;3-9,11H,1-2H3;4-11H,1-3H3/q5*+1. The molecule has 0 radical (unpaired) electrons. The van der Waals surface area contributed by atoms with E-state index < -0.39 is 0 Å². The summed E-state index contributed by atoms with van der Waals surface area (Å²) in [6.07, 6.45) is 10.7. The highest BCUT2D eigenvalue weighted by molar-refractivity contribution is 6.11. The molecule has 7 aromatic heterocycles. The topological polar surface area (TPSA) is 67.8 Å². The van der Waals surface area contributed by atoms with Crippen LogP contribution in [0, 0.1) is 72.5 Å². The van der Waals surface area contributed by atoms with Gasteiger partial charge in [-0.05, 0) is 209 Å². The van der Waals surface area contributed by atoms with E-state index >= 15 is 0 Å². The summed E-state index contributed by atoms with van der Waals surface area (Å²) in [5, 5.41) is 17.8. The second kappa shape index (κ2) is 28.6. The van der Waals surface area contributed by atoms with E-state index in [1.807, 2.05) is 77.3 Å². The molecule has 0 amide bonds. The zero-order chi connectivity index (χ0) is 71.8. The zero-order valence-corrected chi connectivity index (χ0v) is 61.2. The predicted molar refractivity (Wildman–Crippen MR) is 414 cm³/mol. The number of aryl methyl sites for hydroxylation is 13. The largest absolute Gasteiger partial charge is 0.286 e. The molecule has 0 aliphatic heterocycles. The average Bonchev–Trinajstić information content (AvgIpc) is 1.52. The van der Waals surface area contributed by atoms with Crippen LogP contribution in [0.15, 0.2) is 262 Å². The Morgan fingerprint density at radius 2 is 0.922 bits per heavy atom. The van der Waals surface area contributed by atoms with Gasteiger partial charge in [-0.3, -0.25) is 0 Å². The molecule has 0 spiro atoms. The zero-order valence-electron chi connectivity index (χ0n) is 61.2. The Balaban J connectivity index is 0.000000114. The van der Waals surface area contributed by atoms with E-state index in [4.69, 9.17) is 5.26 Å². The van der Waals surface area contributed by atoms with E-state index in [2.05, 4.69) is 329 Å². The Labute approximate surface area is 597 Å². The number of para-hydroxylation sites is 7. The van der Waals surface area contributed by atoms with Gasteiger partial charge >= 0.3 is 0 Å². The summed E-state index contributed by atoms with van der Waals surface area (Å²) < 4.78 is 35.4. The number of hydrogen-bond acceptors (Lipinski definition) is 1. The lowest BCUT2D eigenvalue weighted by molar-refractivity contribution is -0.720. The lowest BCUT2D eigenvalue weighted by Gasteiger charge is -2.09. The van der Waals surface area contributed by atoms with Crippen LogP contribution in [0.4, 0.5) is 4.39 Å². The van der Waals surface area contributed by atoms with Gasteiger partial charge in [-0.2, -0.15) is 19.1 Å². The SMILES string of the molecule is Cc1cc(C#N)ccc1-n1cc2ccccc2[n+]1C.Cc1cc(F)cc(C)c1-[n+]1cc2ccccc2n1C.Cc1ccc(-n2c3ccccc3c3cccc(C)c32)[n+](C)c1.Cc1ccc(C)c(-n2cc3ccccc3[n+]2C)c1.Cc1cccc2c3ccccc3n(-c3cc(C(C)C)cc[n+]3C)c12. The Kier molecular flexibility index (Phi) is 19.2. The molecular weight excluding hydrogens is 1250 g/mol. The van der Waals surface area contributed by atoms with E-state index in [-0.39, 0.29) is 5.82 Å². The molecule has 0 saturated carbocycles. The molecule has 0 atom stereocenters. The number of nitriles is 1. The van der Waals surface area contributed by atoms with Crippen LogP contribution in [0.2, 0.25) is 0 Å². The number of halogens is 1. The van der Waals surface area contributed by atoms with Crippen molar-refractivity contribution in [3.8, 4) is 34.8 Å². The minimum atomic E-state index is -0.182. The van der Waals surface area contributed by atoms with Crippen molar-refractivity contribution in [1.29, 1.82) is 5.26 Å². The van der Waals surface area contributed by atoms with Crippen LogP contribution in [0.3, 0.4) is 0 Å². The third-order valence-electron chi connectivity index (χ3n) is 19.8. The minimum Gasteiger partial charge on any atom is -0.237 e. The van der Waals surface area contributed by atoms with E-state index in [0.29, 0.717) is 11.5 Å². The molecule has 11 nitrogen and oxygen atoms in total. The number of pyridine rings is 2. The number of aromatic nitrogens is 10. The van der Waals surface area contributed by atoms with Gasteiger partial charge in [0.15, 0.2) is 14.1 Å². The highest BCUT2D eigenvalue weighted by atomic mass is 19.1. The maximum absolute atomic E-state index is 13.4. The fraction of sp³-hybridized carbons (Fsp3) is 0.178. The first-order valence-corrected chi connectivity index (χ1v) is 34.9. The van der Waals surface area contributed by atoms with Gasteiger partial charge < -0.3 is 0 Å². The Hall–Kier alpha value is -12.1. The first-order chi connectivity index (χ1) is 49.2. The summed E-state index contributed by atoms with van der Waals surface area (Å²) in [7, 11) is 10.4. The van der Waals surface area contributed by atoms with Gasteiger partial charge in [0.2, 0.25) is 22.9 Å². The number of nitrogens with zero attached hydrogens (tertiary/aromatic N) is 11. The molecule has 506 valence electrons. The van der Waals surface area contributed by atoms with Crippen LogP contribution < -0.4 is 23.2 Å². The summed E-state index contributed by atoms with van der Waals surface area (Å²) in [6.45, 7) is 21.2. The second-order valence-corrected chi connectivity index (χ2v) is 27.4. The van der Waals surface area contributed by atoms with E-state index in [9.17, 15) is 4.39 Å². The van der Waals surface area contributed by atoms with Gasteiger partial charge in [-0.1, -0.05) is 116 Å². The molecule has 0 bridgehead atoms. The number of rotatable bonds is 6. The van der Waals surface area contributed by atoms with Crippen molar-refractivity contribution in [2.45, 2.75) is 75.2 Å². The fourth-order valence-corrected chi connectivity index (χ4v) is 14.5. The molecule has 17 aromatic rings. The third kappa shape index (κ3) is 13.1. The van der Waals surface area contributed by atoms with Crippen molar-refractivity contribution in [1.82, 2.24) is 23.2 Å². The summed E-state index contributed by atoms with van der Waals surface area (Å²) in [4.78, 5) is 0. The van der Waals surface area contributed by atoms with Crippen molar-refractivity contribution < 1.29 is 27.6 Å². The van der Waals surface area contributed by atoms with E-state index in [1.54, 1.807) is 12.1 Å². The van der Waals surface area contributed by atoms with E-state index in [1.165, 1.54) is 122 Å². The quantitative estimate of drug-likeness (QED) is 0.153. The van der Waals surface area contributed by atoms with Crippen LogP contribution in [-0.2, 0) is 35.2 Å².